The molecule has 0 spiro atoms. The Morgan fingerprint density at radius 3 is 1.52 bits per heavy atom. The molecule has 2 aliphatic heterocycles. The fourth-order valence-electron chi connectivity index (χ4n) is 4.47. The summed E-state index contributed by atoms with van der Waals surface area (Å²) in [5, 5.41) is 0. The van der Waals surface area contributed by atoms with E-state index in [1.54, 1.807) is 0 Å². The number of hydrogen-bond acceptors (Lipinski definition) is 2. The maximum atomic E-state index is 5.09. The van der Waals surface area contributed by atoms with E-state index in [1.807, 2.05) is 0 Å². The van der Waals surface area contributed by atoms with Gasteiger partial charge in [0.15, 0.2) is 0 Å². The van der Waals surface area contributed by atoms with Gasteiger partial charge in [0.25, 0.3) is 0 Å². The molecule has 27 heavy (non-hydrogen) atoms. The molecule has 3 aromatic rings. The van der Waals surface area contributed by atoms with Crippen LogP contribution in [0.4, 0.5) is 11.4 Å². The summed E-state index contributed by atoms with van der Waals surface area (Å²) in [6.07, 6.45) is 0. The minimum atomic E-state index is 0.107. The van der Waals surface area contributed by atoms with E-state index in [2.05, 4.69) is 92.7 Å². The Balaban J connectivity index is 1.65. The molecule has 0 fully saturated rings. The first-order valence-electron chi connectivity index (χ1n) is 9.64. The molecule has 0 saturated carbocycles. The van der Waals surface area contributed by atoms with E-state index >= 15 is 0 Å². The first kappa shape index (κ1) is 16.2. The molecule has 0 radical (unpaired) electrons. The molecule has 0 saturated heterocycles. The van der Waals surface area contributed by atoms with Crippen LogP contribution in [0.1, 0.15) is 48.3 Å². The van der Waals surface area contributed by atoms with Crippen molar-refractivity contribution in [3.05, 3.63) is 95.6 Å². The zero-order valence-electron chi connectivity index (χ0n) is 15.6. The van der Waals surface area contributed by atoms with Crippen LogP contribution in [0.25, 0.3) is 0 Å². The van der Waals surface area contributed by atoms with Gasteiger partial charge in [-0.1, -0.05) is 80.6 Å². The minimum Gasteiger partial charge on any atom is -0.256 e. The number of fused-ring (bicyclic) bond motifs is 2. The summed E-state index contributed by atoms with van der Waals surface area (Å²) in [6, 6.07) is 27.7. The topological polar surface area (TPSA) is 24.7 Å². The number of rotatable bonds is 3. The molecule has 2 nitrogen and oxygen atoms in total. The second-order valence-electron chi connectivity index (χ2n) is 7.48. The number of hydrogen-bond donors (Lipinski definition) is 0. The Labute approximate surface area is 160 Å². The molecular weight excluding hydrogens is 328 g/mol. The predicted octanol–water partition coefficient (Wildman–Crippen LogP) is 6.55. The molecule has 2 aliphatic rings. The van der Waals surface area contributed by atoms with Gasteiger partial charge in [-0.15, -0.1) is 0 Å². The molecule has 0 bridgehead atoms. The summed E-state index contributed by atoms with van der Waals surface area (Å²) in [7, 11) is 0. The Bertz CT molecular complexity index is 995. The highest BCUT2D eigenvalue weighted by Gasteiger charge is 2.37. The maximum absolute atomic E-state index is 5.09. The lowest BCUT2D eigenvalue weighted by atomic mass is 9.78. The van der Waals surface area contributed by atoms with Crippen molar-refractivity contribution in [1.82, 2.24) is 0 Å². The molecule has 5 rings (SSSR count). The summed E-state index contributed by atoms with van der Waals surface area (Å²) in [5.74, 6) is 0.700. The number of nitrogens with zero attached hydrogens (tertiary/aromatic N) is 2. The van der Waals surface area contributed by atoms with Gasteiger partial charge < -0.3 is 0 Å². The van der Waals surface area contributed by atoms with Gasteiger partial charge in [0.1, 0.15) is 0 Å². The molecule has 3 aromatic carbocycles. The largest absolute Gasteiger partial charge is 0.256 e. The van der Waals surface area contributed by atoms with E-state index in [4.69, 9.17) is 9.98 Å². The van der Waals surface area contributed by atoms with Gasteiger partial charge in [-0.05, 0) is 28.8 Å². The quantitative estimate of drug-likeness (QED) is 0.512. The van der Waals surface area contributed by atoms with Gasteiger partial charge in [0.05, 0.1) is 17.3 Å². The lowest BCUT2D eigenvalue weighted by Crippen LogP contribution is -2.26. The highest BCUT2D eigenvalue weighted by Crippen LogP contribution is 2.45. The molecule has 132 valence electrons. The van der Waals surface area contributed by atoms with Crippen LogP contribution in [0.5, 0.6) is 0 Å². The monoisotopic (exact) mass is 350 g/mol. The lowest BCUT2D eigenvalue weighted by Gasteiger charge is -2.24. The average molecular weight is 350 g/mol. The molecule has 0 N–H and O–H groups in total. The third kappa shape index (κ3) is 2.56. The second-order valence-corrected chi connectivity index (χ2v) is 7.48. The van der Waals surface area contributed by atoms with Gasteiger partial charge in [-0.2, -0.15) is 0 Å². The van der Waals surface area contributed by atoms with Crippen LogP contribution in [0, 0.1) is 0 Å². The predicted molar refractivity (Wildman–Crippen MR) is 113 cm³/mol. The van der Waals surface area contributed by atoms with Crippen molar-refractivity contribution in [2.45, 2.75) is 31.6 Å². The molecule has 2 atom stereocenters. The molecule has 2 heterocycles. The summed E-state index contributed by atoms with van der Waals surface area (Å²) in [5.41, 5.74) is 8.53. The van der Waals surface area contributed by atoms with E-state index in [0.29, 0.717) is 11.8 Å². The van der Waals surface area contributed by atoms with E-state index in [9.17, 15) is 0 Å². The second kappa shape index (κ2) is 6.31. The summed E-state index contributed by atoms with van der Waals surface area (Å²) < 4.78 is 0. The summed E-state index contributed by atoms with van der Waals surface area (Å²) in [6.45, 7) is 4.54. The summed E-state index contributed by atoms with van der Waals surface area (Å²) in [4.78, 5) is 10.2. The third-order valence-corrected chi connectivity index (χ3v) is 5.92. The number of para-hydroxylation sites is 2. The van der Waals surface area contributed by atoms with Crippen LogP contribution >= 0.6 is 0 Å². The van der Waals surface area contributed by atoms with Gasteiger partial charge in [-0.3, -0.25) is 9.98 Å². The molecule has 0 aliphatic carbocycles. The first-order chi connectivity index (χ1) is 13.2. The Hall–Kier alpha value is -3.00. The SMILES string of the molecule is CC1C(C(C2=Nc3ccccc3C2C)c2ccccc2)=Nc2ccccc21. The normalized spacial score (nSPS) is 21.3. The molecule has 2 unspecified atom stereocenters. The zero-order chi connectivity index (χ0) is 18.4. The van der Waals surface area contributed by atoms with Gasteiger partial charge >= 0.3 is 0 Å². The van der Waals surface area contributed by atoms with Crippen molar-refractivity contribution >= 4 is 22.8 Å². The van der Waals surface area contributed by atoms with E-state index < -0.39 is 0 Å². The van der Waals surface area contributed by atoms with Crippen LogP contribution < -0.4 is 0 Å². The Morgan fingerprint density at radius 1 is 0.593 bits per heavy atom. The van der Waals surface area contributed by atoms with Crippen molar-refractivity contribution in [3.63, 3.8) is 0 Å². The van der Waals surface area contributed by atoms with Crippen LogP contribution in [-0.2, 0) is 0 Å². The fraction of sp³-hybridized carbons (Fsp3) is 0.200. The van der Waals surface area contributed by atoms with Crippen LogP contribution in [-0.4, -0.2) is 11.4 Å². The maximum Gasteiger partial charge on any atom is 0.0668 e. The third-order valence-electron chi connectivity index (χ3n) is 5.92. The van der Waals surface area contributed by atoms with Crippen molar-refractivity contribution in [2.24, 2.45) is 9.98 Å². The van der Waals surface area contributed by atoms with Gasteiger partial charge in [-0.25, -0.2) is 0 Å². The lowest BCUT2D eigenvalue weighted by molar-refractivity contribution is 0.955. The minimum absolute atomic E-state index is 0.107. The van der Waals surface area contributed by atoms with Gasteiger partial charge in [0, 0.05) is 23.3 Å². The van der Waals surface area contributed by atoms with Crippen molar-refractivity contribution in [1.29, 1.82) is 0 Å². The number of aliphatic imine (C=N–C) groups is 2. The molecule has 0 aromatic heterocycles. The highest BCUT2D eigenvalue weighted by molar-refractivity contribution is 6.20. The smallest absolute Gasteiger partial charge is 0.0668 e. The number of benzene rings is 3. The summed E-state index contributed by atoms with van der Waals surface area (Å²) >= 11 is 0. The molecule has 0 amide bonds. The van der Waals surface area contributed by atoms with Crippen LogP contribution in [0.2, 0.25) is 0 Å². The van der Waals surface area contributed by atoms with E-state index in [0.717, 1.165) is 11.4 Å². The van der Waals surface area contributed by atoms with Crippen LogP contribution in [0.15, 0.2) is 88.8 Å². The first-order valence-corrected chi connectivity index (χ1v) is 9.64. The Kier molecular flexibility index (Phi) is 3.78. The van der Waals surface area contributed by atoms with Crippen molar-refractivity contribution in [2.75, 3.05) is 0 Å². The Morgan fingerprint density at radius 2 is 1.04 bits per heavy atom. The van der Waals surface area contributed by atoms with Crippen molar-refractivity contribution < 1.29 is 0 Å². The zero-order valence-corrected chi connectivity index (χ0v) is 15.6. The van der Waals surface area contributed by atoms with Gasteiger partial charge in [0.2, 0.25) is 0 Å². The van der Waals surface area contributed by atoms with Crippen LogP contribution in [0.3, 0.4) is 0 Å². The molecule has 2 heteroatoms. The van der Waals surface area contributed by atoms with Crippen molar-refractivity contribution in [3.8, 4) is 0 Å². The van der Waals surface area contributed by atoms with E-state index in [-0.39, 0.29) is 5.92 Å². The fourth-order valence-corrected chi connectivity index (χ4v) is 4.47. The highest BCUT2D eigenvalue weighted by atomic mass is 14.9. The van der Waals surface area contributed by atoms with E-state index in [1.165, 1.54) is 28.1 Å². The standard InChI is InChI=1S/C25H22N2/c1-16-19-12-6-8-14-21(19)26-24(16)23(18-10-4-3-5-11-18)25-17(2)20-13-7-9-15-22(20)27-25/h3-17,23H,1-2H3. The average Bonchev–Trinajstić information content (AvgIpc) is 3.22. The molecular formula is C25H22N2.